The molecule has 0 saturated heterocycles. The molecule has 0 fully saturated rings. The number of aliphatic hydroxyl groups excluding tert-OH is 1. The van der Waals surface area contributed by atoms with Crippen molar-refractivity contribution in [3.05, 3.63) is 82.7 Å². The lowest BCUT2D eigenvalue weighted by Crippen LogP contribution is -2.34. The third-order valence-electron chi connectivity index (χ3n) is 6.28. The fraction of sp³-hybridized carbons (Fsp3) is 0.444. The maximum Gasteiger partial charge on any atom is 0.312 e. The van der Waals surface area contributed by atoms with Gasteiger partial charge in [-0.15, -0.1) is 5.10 Å². The normalized spacial score (nSPS) is 12.5. The van der Waals surface area contributed by atoms with E-state index in [1.807, 2.05) is 74.1 Å². The number of aryl methyl sites for hydroxylation is 3. The molecule has 2 aromatic carbocycles. The first kappa shape index (κ1) is 24.6. The Morgan fingerprint density at radius 2 is 1.94 bits per heavy atom. The zero-order valence-corrected chi connectivity index (χ0v) is 20.1. The van der Waals surface area contributed by atoms with E-state index in [2.05, 4.69) is 23.3 Å². The van der Waals surface area contributed by atoms with Crippen LogP contribution in [0.2, 0.25) is 0 Å². The van der Waals surface area contributed by atoms with Crippen LogP contribution in [0.3, 0.4) is 0 Å². The minimum atomic E-state index is -0.768. The fourth-order valence-corrected chi connectivity index (χ4v) is 4.16. The van der Waals surface area contributed by atoms with Crippen molar-refractivity contribution in [1.29, 1.82) is 0 Å². The predicted molar refractivity (Wildman–Crippen MR) is 128 cm³/mol. The number of ether oxygens (including phenoxy) is 1. The molecule has 3 rings (SSSR count). The van der Waals surface area contributed by atoms with Crippen LogP contribution in [0.1, 0.15) is 67.5 Å². The fourth-order valence-electron chi connectivity index (χ4n) is 4.16. The van der Waals surface area contributed by atoms with E-state index < -0.39 is 5.41 Å². The second-order valence-corrected chi connectivity index (χ2v) is 9.19. The summed E-state index contributed by atoms with van der Waals surface area (Å²) in [7, 11) is 0. The lowest BCUT2D eigenvalue weighted by molar-refractivity contribution is -0.156. The van der Waals surface area contributed by atoms with Crippen molar-refractivity contribution in [2.75, 3.05) is 0 Å². The summed E-state index contributed by atoms with van der Waals surface area (Å²) in [5.41, 5.74) is 4.04. The number of nitrogens with zero attached hydrogens (tertiary/aromatic N) is 3. The molecule has 33 heavy (non-hydrogen) atoms. The third-order valence-corrected chi connectivity index (χ3v) is 6.28. The van der Waals surface area contributed by atoms with E-state index in [1.54, 1.807) is 0 Å². The molecule has 0 spiro atoms. The Balaban J connectivity index is 1.83. The van der Waals surface area contributed by atoms with E-state index in [0.29, 0.717) is 12.8 Å². The van der Waals surface area contributed by atoms with Crippen molar-refractivity contribution in [3.8, 4) is 0 Å². The Kier molecular flexibility index (Phi) is 8.39. The Morgan fingerprint density at radius 3 is 2.64 bits per heavy atom. The number of carbonyl (C=O) groups is 1. The molecule has 0 saturated carbocycles. The molecule has 1 unspecified atom stereocenters. The van der Waals surface area contributed by atoms with Gasteiger partial charge in [-0.3, -0.25) is 9.48 Å². The zero-order valence-electron chi connectivity index (χ0n) is 20.1. The molecular weight excluding hydrogens is 414 g/mol. The van der Waals surface area contributed by atoms with Gasteiger partial charge in [0.05, 0.1) is 17.7 Å². The van der Waals surface area contributed by atoms with E-state index in [4.69, 9.17) is 4.74 Å². The summed E-state index contributed by atoms with van der Waals surface area (Å²) in [6.45, 7) is 9.03. The van der Waals surface area contributed by atoms with Gasteiger partial charge >= 0.3 is 5.97 Å². The van der Waals surface area contributed by atoms with Crippen LogP contribution in [-0.4, -0.2) is 26.1 Å². The number of aromatic nitrogens is 3. The van der Waals surface area contributed by atoms with Crippen LogP contribution in [0.15, 0.2) is 54.7 Å². The van der Waals surface area contributed by atoms with Crippen LogP contribution >= 0.6 is 0 Å². The van der Waals surface area contributed by atoms with Gasteiger partial charge in [0, 0.05) is 12.7 Å². The molecule has 1 aromatic heterocycles. The first-order chi connectivity index (χ1) is 15.8. The minimum absolute atomic E-state index is 0.0311. The van der Waals surface area contributed by atoms with Crippen molar-refractivity contribution in [2.45, 2.75) is 72.6 Å². The van der Waals surface area contributed by atoms with Crippen LogP contribution in [-0.2, 0) is 35.7 Å². The molecule has 0 bridgehead atoms. The highest BCUT2D eigenvalue weighted by Gasteiger charge is 2.39. The summed E-state index contributed by atoms with van der Waals surface area (Å²) in [6, 6.07) is 15.8. The molecule has 0 aliphatic heterocycles. The van der Waals surface area contributed by atoms with Crippen LogP contribution in [0.4, 0.5) is 0 Å². The van der Waals surface area contributed by atoms with E-state index >= 15 is 0 Å². The Hall–Kier alpha value is -2.99. The molecule has 1 heterocycles. The minimum Gasteiger partial charge on any atom is -0.460 e. The number of carbonyl (C=O) groups excluding carboxylic acids is 1. The Labute approximate surface area is 196 Å². The van der Waals surface area contributed by atoms with Gasteiger partial charge in [-0.25, -0.2) is 0 Å². The van der Waals surface area contributed by atoms with Gasteiger partial charge in [0.1, 0.15) is 6.61 Å². The molecule has 1 N–H and O–H groups in total. The summed E-state index contributed by atoms with van der Waals surface area (Å²) in [5.74, 6) is -0.347. The first-order valence-corrected chi connectivity index (χ1v) is 11.7. The second kappa shape index (κ2) is 11.2. The van der Waals surface area contributed by atoms with Crippen LogP contribution < -0.4 is 0 Å². The van der Waals surface area contributed by atoms with Gasteiger partial charge in [-0.2, -0.15) is 0 Å². The molecule has 0 radical (unpaired) electrons. The Morgan fingerprint density at radius 1 is 1.18 bits per heavy atom. The predicted octanol–water partition coefficient (Wildman–Crippen LogP) is 4.97. The van der Waals surface area contributed by atoms with E-state index in [1.165, 1.54) is 0 Å². The molecule has 3 aromatic rings. The van der Waals surface area contributed by atoms with Crippen molar-refractivity contribution in [1.82, 2.24) is 15.0 Å². The molecule has 0 aliphatic carbocycles. The lowest BCUT2D eigenvalue weighted by Gasteiger charge is -2.33. The van der Waals surface area contributed by atoms with Crippen LogP contribution in [0, 0.1) is 12.3 Å². The molecule has 176 valence electrons. The number of esters is 1. The lowest BCUT2D eigenvalue weighted by atomic mass is 9.72. The maximum atomic E-state index is 13.3. The van der Waals surface area contributed by atoms with Crippen molar-refractivity contribution in [2.24, 2.45) is 5.41 Å². The van der Waals surface area contributed by atoms with Gasteiger partial charge in [-0.05, 0) is 68.2 Å². The summed E-state index contributed by atoms with van der Waals surface area (Å²) in [6.07, 6.45) is 4.40. The van der Waals surface area contributed by atoms with Gasteiger partial charge in [0.15, 0.2) is 0 Å². The summed E-state index contributed by atoms with van der Waals surface area (Å²) >= 11 is 0. The number of benzene rings is 2. The smallest absolute Gasteiger partial charge is 0.312 e. The van der Waals surface area contributed by atoms with Crippen LogP contribution in [0.5, 0.6) is 0 Å². The SMILES string of the molecule is CCCn1cc(CCC(c2ccc(C)c(CO)c2)C(C)(C)C(=O)OCc2ccccc2)nn1. The number of hydrogen-bond donors (Lipinski definition) is 1. The summed E-state index contributed by atoms with van der Waals surface area (Å²) in [5, 5.41) is 18.3. The quantitative estimate of drug-likeness (QED) is 0.418. The van der Waals surface area contributed by atoms with Crippen molar-refractivity contribution >= 4 is 5.97 Å². The highest BCUT2D eigenvalue weighted by atomic mass is 16.5. The molecule has 0 aliphatic rings. The van der Waals surface area contributed by atoms with Crippen molar-refractivity contribution in [3.63, 3.8) is 0 Å². The van der Waals surface area contributed by atoms with E-state index in [9.17, 15) is 9.90 Å². The van der Waals surface area contributed by atoms with Gasteiger partial charge < -0.3 is 9.84 Å². The topological polar surface area (TPSA) is 77.2 Å². The summed E-state index contributed by atoms with van der Waals surface area (Å²) in [4.78, 5) is 13.3. The third kappa shape index (κ3) is 6.29. The van der Waals surface area contributed by atoms with E-state index in [0.717, 1.165) is 40.9 Å². The van der Waals surface area contributed by atoms with Gasteiger partial charge in [0.25, 0.3) is 0 Å². The number of rotatable bonds is 11. The highest BCUT2D eigenvalue weighted by molar-refractivity contribution is 5.77. The van der Waals surface area contributed by atoms with Gasteiger partial charge in [0.2, 0.25) is 0 Å². The molecule has 6 nitrogen and oxygen atoms in total. The highest BCUT2D eigenvalue weighted by Crippen LogP contribution is 2.41. The van der Waals surface area contributed by atoms with Crippen LogP contribution in [0.25, 0.3) is 0 Å². The number of hydrogen-bond acceptors (Lipinski definition) is 5. The first-order valence-electron chi connectivity index (χ1n) is 11.7. The maximum absolute atomic E-state index is 13.3. The molecule has 1 atom stereocenters. The monoisotopic (exact) mass is 449 g/mol. The van der Waals surface area contributed by atoms with E-state index in [-0.39, 0.29) is 25.1 Å². The average molecular weight is 450 g/mol. The van der Waals surface area contributed by atoms with Crippen molar-refractivity contribution < 1.29 is 14.6 Å². The summed E-state index contributed by atoms with van der Waals surface area (Å²) < 4.78 is 7.60. The molecule has 0 amide bonds. The zero-order chi connectivity index (χ0) is 23.8. The standard InChI is InChI=1S/C27H35N3O3/c1-5-15-30-17-24(28-29-30)13-14-25(22-12-11-20(2)23(16-22)18-31)27(3,4)26(32)33-19-21-9-7-6-8-10-21/h6-12,16-17,25,31H,5,13-15,18-19H2,1-4H3. The second-order valence-electron chi connectivity index (χ2n) is 9.19. The average Bonchev–Trinajstić information content (AvgIpc) is 3.26. The largest absolute Gasteiger partial charge is 0.460 e. The van der Waals surface area contributed by atoms with Gasteiger partial charge in [-0.1, -0.05) is 60.7 Å². The number of aliphatic hydroxyl groups is 1. The Bertz CT molecular complexity index is 1040. The molecular formula is C27H35N3O3. The molecule has 6 heteroatoms.